The summed E-state index contributed by atoms with van der Waals surface area (Å²) < 4.78 is 28.1. The molecule has 0 radical (unpaired) electrons. The van der Waals surface area contributed by atoms with Gasteiger partial charge in [0.15, 0.2) is 0 Å². The number of fused-ring (bicyclic) bond motifs is 1. The van der Waals surface area contributed by atoms with Gasteiger partial charge in [-0.2, -0.15) is 0 Å². The van der Waals surface area contributed by atoms with Crippen molar-refractivity contribution < 1.29 is 8.42 Å². The highest BCUT2D eigenvalue weighted by Gasteiger charge is 2.16. The number of anilines is 1. The molecule has 3 rings (SSSR count). The fraction of sp³-hybridized carbons (Fsp3) is 0. The first-order valence-electron chi connectivity index (χ1n) is 6.17. The SMILES string of the molecule is O=S(=O)(Nc1cccc2ccccc12)c1cncc(Br)c1. The Morgan fingerprint density at radius 3 is 2.57 bits per heavy atom. The number of sulfonamides is 1. The smallest absolute Gasteiger partial charge is 0.263 e. The van der Waals surface area contributed by atoms with Crippen molar-refractivity contribution in [1.29, 1.82) is 0 Å². The average Bonchev–Trinajstić information content (AvgIpc) is 2.47. The van der Waals surface area contributed by atoms with Crippen LogP contribution in [0.3, 0.4) is 0 Å². The summed E-state index contributed by atoms with van der Waals surface area (Å²) in [7, 11) is -3.67. The van der Waals surface area contributed by atoms with E-state index in [1.807, 2.05) is 36.4 Å². The Labute approximate surface area is 131 Å². The minimum Gasteiger partial charge on any atom is -0.279 e. The van der Waals surface area contributed by atoms with Gasteiger partial charge >= 0.3 is 0 Å². The van der Waals surface area contributed by atoms with Crippen LogP contribution in [0.5, 0.6) is 0 Å². The molecule has 106 valence electrons. The van der Waals surface area contributed by atoms with Crippen molar-refractivity contribution in [2.45, 2.75) is 4.90 Å². The number of halogens is 1. The first kappa shape index (κ1) is 14.0. The standard InChI is InChI=1S/C15H11BrN2O2S/c16-12-8-13(10-17-9-12)21(19,20)18-15-7-3-5-11-4-1-2-6-14(11)15/h1-10,18H. The Kier molecular flexibility index (Phi) is 3.65. The zero-order chi connectivity index (χ0) is 14.9. The average molecular weight is 363 g/mol. The van der Waals surface area contributed by atoms with Gasteiger partial charge < -0.3 is 0 Å². The van der Waals surface area contributed by atoms with Crippen LogP contribution in [-0.2, 0) is 10.0 Å². The van der Waals surface area contributed by atoms with Gasteiger partial charge in [0.2, 0.25) is 0 Å². The van der Waals surface area contributed by atoms with Gasteiger partial charge in [-0.1, -0.05) is 36.4 Å². The van der Waals surface area contributed by atoms with Crippen LogP contribution in [0.1, 0.15) is 0 Å². The molecule has 4 nitrogen and oxygen atoms in total. The molecule has 21 heavy (non-hydrogen) atoms. The maximum atomic E-state index is 12.4. The Bertz CT molecular complexity index is 905. The van der Waals surface area contributed by atoms with Gasteiger partial charge in [0.1, 0.15) is 4.90 Å². The van der Waals surface area contributed by atoms with E-state index in [4.69, 9.17) is 0 Å². The van der Waals surface area contributed by atoms with E-state index in [9.17, 15) is 8.42 Å². The molecule has 6 heteroatoms. The Balaban J connectivity index is 2.06. The molecule has 0 aliphatic heterocycles. The molecule has 0 bridgehead atoms. The van der Waals surface area contributed by atoms with E-state index in [0.29, 0.717) is 10.2 Å². The molecule has 2 aromatic carbocycles. The van der Waals surface area contributed by atoms with Crippen molar-refractivity contribution in [2.75, 3.05) is 4.72 Å². The van der Waals surface area contributed by atoms with Gasteiger partial charge in [0.25, 0.3) is 10.0 Å². The van der Waals surface area contributed by atoms with Gasteiger partial charge in [-0.3, -0.25) is 9.71 Å². The molecular formula is C15H11BrN2O2S. The molecule has 0 atom stereocenters. The van der Waals surface area contributed by atoms with Crippen molar-refractivity contribution in [3.8, 4) is 0 Å². The zero-order valence-corrected chi connectivity index (χ0v) is 13.2. The van der Waals surface area contributed by atoms with Crippen molar-refractivity contribution in [3.63, 3.8) is 0 Å². The molecule has 1 N–H and O–H groups in total. The lowest BCUT2D eigenvalue weighted by Crippen LogP contribution is -2.13. The highest BCUT2D eigenvalue weighted by Crippen LogP contribution is 2.25. The first-order chi connectivity index (χ1) is 10.1. The fourth-order valence-corrected chi connectivity index (χ4v) is 3.64. The second-order valence-electron chi connectivity index (χ2n) is 4.47. The van der Waals surface area contributed by atoms with E-state index >= 15 is 0 Å². The molecule has 1 aromatic heterocycles. The third-order valence-electron chi connectivity index (χ3n) is 3.02. The highest BCUT2D eigenvalue weighted by molar-refractivity contribution is 9.10. The first-order valence-corrected chi connectivity index (χ1v) is 8.45. The monoisotopic (exact) mass is 362 g/mol. The van der Waals surface area contributed by atoms with Crippen LogP contribution >= 0.6 is 15.9 Å². The minimum absolute atomic E-state index is 0.116. The van der Waals surface area contributed by atoms with Crippen molar-refractivity contribution in [2.24, 2.45) is 0 Å². The number of benzene rings is 2. The van der Waals surface area contributed by atoms with E-state index in [-0.39, 0.29) is 4.90 Å². The lowest BCUT2D eigenvalue weighted by atomic mass is 10.1. The number of nitrogens with zero attached hydrogens (tertiary/aromatic N) is 1. The third-order valence-corrected chi connectivity index (χ3v) is 4.79. The summed E-state index contributed by atoms with van der Waals surface area (Å²) in [5, 5.41) is 1.83. The third kappa shape index (κ3) is 2.91. The molecule has 1 heterocycles. The van der Waals surface area contributed by atoms with Crippen LogP contribution in [0.25, 0.3) is 10.8 Å². The van der Waals surface area contributed by atoms with Crippen LogP contribution in [0.4, 0.5) is 5.69 Å². The molecule has 0 saturated heterocycles. The number of aromatic nitrogens is 1. The molecule has 0 aliphatic carbocycles. The zero-order valence-electron chi connectivity index (χ0n) is 10.8. The summed E-state index contributed by atoms with van der Waals surface area (Å²) in [6.07, 6.45) is 2.86. The quantitative estimate of drug-likeness (QED) is 0.770. The molecule has 0 spiro atoms. The summed E-state index contributed by atoms with van der Waals surface area (Å²) in [6.45, 7) is 0. The lowest BCUT2D eigenvalue weighted by Gasteiger charge is -2.10. The van der Waals surface area contributed by atoms with E-state index in [0.717, 1.165) is 10.8 Å². The topological polar surface area (TPSA) is 59.1 Å². The van der Waals surface area contributed by atoms with Crippen LogP contribution in [0.15, 0.2) is 70.3 Å². The summed E-state index contributed by atoms with van der Waals surface area (Å²) in [5.41, 5.74) is 0.549. The second kappa shape index (κ2) is 5.46. The molecule has 0 fully saturated rings. The van der Waals surface area contributed by atoms with Gasteiger partial charge in [-0.25, -0.2) is 8.42 Å². The Morgan fingerprint density at radius 2 is 1.76 bits per heavy atom. The van der Waals surface area contributed by atoms with Crippen molar-refractivity contribution in [1.82, 2.24) is 4.98 Å². The number of rotatable bonds is 3. The fourth-order valence-electron chi connectivity index (χ4n) is 2.06. The van der Waals surface area contributed by atoms with Gasteiger partial charge in [0.05, 0.1) is 5.69 Å². The van der Waals surface area contributed by atoms with E-state index < -0.39 is 10.0 Å². The largest absolute Gasteiger partial charge is 0.279 e. The second-order valence-corrected chi connectivity index (χ2v) is 7.07. The summed E-state index contributed by atoms with van der Waals surface area (Å²) in [5.74, 6) is 0. The predicted molar refractivity (Wildman–Crippen MR) is 86.7 cm³/mol. The van der Waals surface area contributed by atoms with Gasteiger partial charge in [-0.05, 0) is 33.4 Å². The maximum Gasteiger partial charge on any atom is 0.263 e. The molecule has 3 aromatic rings. The number of hydrogen-bond donors (Lipinski definition) is 1. The van der Waals surface area contributed by atoms with E-state index in [1.165, 1.54) is 18.5 Å². The van der Waals surface area contributed by atoms with E-state index in [1.54, 1.807) is 6.07 Å². The molecule has 0 aliphatic rings. The van der Waals surface area contributed by atoms with Crippen molar-refractivity contribution >= 4 is 42.4 Å². The predicted octanol–water partition coefficient (Wildman–Crippen LogP) is 3.80. The number of pyridine rings is 1. The summed E-state index contributed by atoms with van der Waals surface area (Å²) in [4.78, 5) is 4.00. The van der Waals surface area contributed by atoms with Gasteiger partial charge in [-0.15, -0.1) is 0 Å². The molecule has 0 amide bonds. The van der Waals surface area contributed by atoms with Crippen LogP contribution in [0.2, 0.25) is 0 Å². The van der Waals surface area contributed by atoms with Crippen LogP contribution in [-0.4, -0.2) is 13.4 Å². The number of nitrogens with one attached hydrogen (secondary N) is 1. The summed E-state index contributed by atoms with van der Waals surface area (Å²) in [6, 6.07) is 14.6. The molecular weight excluding hydrogens is 352 g/mol. The highest BCUT2D eigenvalue weighted by atomic mass is 79.9. The van der Waals surface area contributed by atoms with Crippen LogP contribution < -0.4 is 4.72 Å². The van der Waals surface area contributed by atoms with Crippen molar-refractivity contribution in [3.05, 3.63) is 65.4 Å². The normalized spacial score (nSPS) is 11.5. The van der Waals surface area contributed by atoms with Crippen LogP contribution in [0, 0.1) is 0 Å². The van der Waals surface area contributed by atoms with Gasteiger partial charge in [0, 0.05) is 22.3 Å². The number of hydrogen-bond acceptors (Lipinski definition) is 3. The molecule has 0 saturated carbocycles. The molecule has 0 unspecified atom stereocenters. The minimum atomic E-state index is -3.67. The summed E-state index contributed by atoms with van der Waals surface area (Å²) >= 11 is 3.23. The van der Waals surface area contributed by atoms with E-state index in [2.05, 4.69) is 25.6 Å². The maximum absolute atomic E-state index is 12.4. The Hall–Kier alpha value is -1.92. The lowest BCUT2D eigenvalue weighted by molar-refractivity contribution is 0.601. The Morgan fingerprint density at radius 1 is 1.00 bits per heavy atom.